The van der Waals surface area contributed by atoms with Crippen LogP contribution in [0.2, 0.25) is 0 Å². The number of benzene rings is 1. The van der Waals surface area contributed by atoms with Crippen molar-refractivity contribution in [2.24, 2.45) is 16.6 Å². The zero-order chi connectivity index (χ0) is 25.4. The van der Waals surface area contributed by atoms with Crippen LogP contribution in [0.25, 0.3) is 0 Å². The summed E-state index contributed by atoms with van der Waals surface area (Å²) in [5, 5.41) is 3.31. The predicted octanol–water partition coefficient (Wildman–Crippen LogP) is 4.74. The molecule has 1 aromatic rings. The molecule has 1 amide bonds. The minimum atomic E-state index is -0.521. The fourth-order valence-electron chi connectivity index (χ4n) is 4.38. The Bertz CT molecular complexity index is 979. The van der Waals surface area contributed by atoms with Gasteiger partial charge in [0.25, 0.3) is 5.91 Å². The van der Waals surface area contributed by atoms with Crippen LogP contribution in [0, 0.1) is 5.92 Å². The highest BCUT2D eigenvalue weighted by molar-refractivity contribution is 6.04. The summed E-state index contributed by atoms with van der Waals surface area (Å²) >= 11 is 0. The number of guanidine groups is 1. The average Bonchev–Trinajstić information content (AvgIpc) is 2.79. The molecule has 0 aromatic heterocycles. The van der Waals surface area contributed by atoms with Crippen LogP contribution in [-0.2, 0) is 4.79 Å². The molecule has 0 saturated carbocycles. The Kier molecular flexibility index (Phi) is 10.1. The molecule has 0 bridgehead atoms. The minimum Gasteiger partial charge on any atom is -0.365 e. The number of likely N-dealkylation sites (N-methyl/N-ethyl adjacent to an activating group) is 1. The molecule has 1 aliphatic rings. The molecule has 2 rings (SSSR count). The second kappa shape index (κ2) is 12.5. The predicted molar refractivity (Wildman–Crippen MR) is 141 cm³/mol. The van der Waals surface area contributed by atoms with Crippen LogP contribution >= 0.6 is 0 Å². The number of nitrogens with zero attached hydrogens (tertiary/aromatic N) is 3. The molecule has 7 heteroatoms. The van der Waals surface area contributed by atoms with Crippen LogP contribution in [0.1, 0.15) is 75.7 Å². The second-order valence-corrected chi connectivity index (χ2v) is 9.32. The van der Waals surface area contributed by atoms with Gasteiger partial charge in [0.1, 0.15) is 0 Å². The first-order valence-corrected chi connectivity index (χ1v) is 12.2. The van der Waals surface area contributed by atoms with Gasteiger partial charge in [-0.15, -0.1) is 0 Å². The van der Waals surface area contributed by atoms with Crippen molar-refractivity contribution in [3.05, 3.63) is 52.9 Å². The van der Waals surface area contributed by atoms with E-state index < -0.39 is 5.91 Å². The molecule has 0 spiro atoms. The molecule has 34 heavy (non-hydrogen) atoms. The highest BCUT2D eigenvalue weighted by atomic mass is 16.1. The summed E-state index contributed by atoms with van der Waals surface area (Å²) in [7, 11) is 3.93. The molecular formula is C27H41N5O2. The first-order chi connectivity index (χ1) is 16.1. The third kappa shape index (κ3) is 6.79. The number of hydrogen-bond donors (Lipinski definition) is 2. The van der Waals surface area contributed by atoms with Crippen molar-refractivity contribution in [3.63, 3.8) is 0 Å². The Balaban J connectivity index is 2.32. The third-order valence-corrected chi connectivity index (χ3v) is 6.33. The quantitative estimate of drug-likeness (QED) is 0.459. The van der Waals surface area contributed by atoms with Gasteiger partial charge in [-0.05, 0) is 62.9 Å². The lowest BCUT2D eigenvalue weighted by atomic mass is 9.88. The SMILES string of the molecule is C/C=C1\C(C(N)=O)=CN=C(Nc2ccc(C(C)CC)c(C(=O)CC(C)CN(C)CCC)c2)N1C. The number of aliphatic imine (C=N–C) groups is 1. The lowest BCUT2D eigenvalue weighted by Gasteiger charge is -2.28. The van der Waals surface area contributed by atoms with Crippen molar-refractivity contribution < 1.29 is 9.59 Å². The number of allylic oxidation sites excluding steroid dienone is 1. The average molecular weight is 468 g/mol. The van der Waals surface area contributed by atoms with E-state index in [2.05, 4.69) is 50.0 Å². The van der Waals surface area contributed by atoms with Crippen LogP contribution in [0.15, 0.2) is 46.7 Å². The second-order valence-electron chi connectivity index (χ2n) is 9.32. The molecule has 0 fully saturated rings. The first-order valence-electron chi connectivity index (χ1n) is 12.2. The maximum atomic E-state index is 13.4. The maximum absolute atomic E-state index is 13.4. The Morgan fingerprint density at radius 1 is 1.26 bits per heavy atom. The molecule has 7 nitrogen and oxygen atoms in total. The summed E-state index contributed by atoms with van der Waals surface area (Å²) in [6.07, 6.45) is 5.88. The lowest BCUT2D eigenvalue weighted by molar-refractivity contribution is -0.114. The first kappa shape index (κ1) is 27.3. The maximum Gasteiger partial charge on any atom is 0.252 e. The molecular weight excluding hydrogens is 426 g/mol. The van der Waals surface area contributed by atoms with Crippen molar-refractivity contribution >= 4 is 23.3 Å². The van der Waals surface area contributed by atoms with E-state index in [0.29, 0.717) is 23.7 Å². The van der Waals surface area contributed by atoms with Crippen molar-refractivity contribution in [2.75, 3.05) is 32.5 Å². The number of amides is 1. The summed E-state index contributed by atoms with van der Waals surface area (Å²) in [6.45, 7) is 12.4. The van der Waals surface area contributed by atoms with Gasteiger partial charge in [0.05, 0.1) is 11.3 Å². The van der Waals surface area contributed by atoms with Crippen LogP contribution < -0.4 is 11.1 Å². The number of carbonyl (C=O) groups excluding carboxylic acids is 2. The fourth-order valence-corrected chi connectivity index (χ4v) is 4.38. The number of ketones is 1. The van der Waals surface area contributed by atoms with Gasteiger partial charge in [-0.2, -0.15) is 0 Å². The molecule has 1 aromatic carbocycles. The number of anilines is 1. The number of carbonyl (C=O) groups is 2. The van der Waals surface area contributed by atoms with Crippen LogP contribution in [0.4, 0.5) is 5.69 Å². The van der Waals surface area contributed by atoms with Gasteiger partial charge in [-0.3, -0.25) is 9.59 Å². The Morgan fingerprint density at radius 3 is 2.56 bits per heavy atom. The van der Waals surface area contributed by atoms with Crippen LogP contribution in [-0.4, -0.2) is 54.6 Å². The molecule has 1 heterocycles. The molecule has 0 saturated heterocycles. The fraction of sp³-hybridized carbons (Fsp3) is 0.519. The van der Waals surface area contributed by atoms with Crippen molar-refractivity contribution in [2.45, 2.75) is 59.8 Å². The van der Waals surface area contributed by atoms with Crippen molar-refractivity contribution in [3.8, 4) is 0 Å². The number of hydrogen-bond acceptors (Lipinski definition) is 6. The monoisotopic (exact) mass is 467 g/mol. The topological polar surface area (TPSA) is 91.0 Å². The van der Waals surface area contributed by atoms with Gasteiger partial charge in [-0.1, -0.05) is 39.8 Å². The molecule has 2 atom stereocenters. The van der Waals surface area contributed by atoms with Crippen LogP contribution in [0.5, 0.6) is 0 Å². The van der Waals surface area contributed by atoms with E-state index in [1.165, 1.54) is 6.20 Å². The van der Waals surface area contributed by atoms with E-state index in [1.807, 2.05) is 38.2 Å². The molecule has 2 unspecified atom stereocenters. The van der Waals surface area contributed by atoms with Gasteiger partial charge >= 0.3 is 0 Å². The Hall–Kier alpha value is -2.93. The zero-order valence-electron chi connectivity index (χ0n) is 21.8. The smallest absolute Gasteiger partial charge is 0.252 e. The van der Waals surface area contributed by atoms with E-state index in [1.54, 1.807) is 4.90 Å². The van der Waals surface area contributed by atoms with Gasteiger partial charge in [0.15, 0.2) is 5.78 Å². The van der Waals surface area contributed by atoms with Crippen molar-refractivity contribution in [1.29, 1.82) is 0 Å². The summed E-state index contributed by atoms with van der Waals surface area (Å²) < 4.78 is 0. The normalized spacial score (nSPS) is 16.8. The molecule has 0 aliphatic carbocycles. The van der Waals surface area contributed by atoms with E-state index in [0.717, 1.165) is 42.7 Å². The van der Waals surface area contributed by atoms with Gasteiger partial charge < -0.3 is 20.9 Å². The van der Waals surface area contributed by atoms with Crippen LogP contribution in [0.3, 0.4) is 0 Å². The number of Topliss-reactive ketones (excluding diaryl/α,β-unsaturated/α-hetero) is 1. The standard InChI is InChI=1S/C27H41N5O2/c1-8-13-31(6)17-18(4)14-25(33)22-15-20(11-12-21(22)19(5)9-2)30-27-29-16-23(26(28)34)24(10-3)32(27)7/h10-12,15-16,18-19H,8-9,13-14,17H2,1-7H3,(H2,28,34)(H,29,30)/b24-10+. The molecule has 186 valence electrons. The summed E-state index contributed by atoms with van der Waals surface area (Å²) in [6, 6.07) is 5.96. The van der Waals surface area contributed by atoms with Crippen molar-refractivity contribution in [1.82, 2.24) is 9.80 Å². The highest BCUT2D eigenvalue weighted by Gasteiger charge is 2.24. The Labute approximate surface area is 204 Å². The largest absolute Gasteiger partial charge is 0.365 e. The molecule has 3 N–H and O–H groups in total. The highest BCUT2D eigenvalue weighted by Crippen LogP contribution is 2.28. The molecule has 0 radical (unpaired) electrons. The number of nitrogens with one attached hydrogen (secondary N) is 1. The van der Waals surface area contributed by atoms with Gasteiger partial charge in [0, 0.05) is 37.5 Å². The zero-order valence-corrected chi connectivity index (χ0v) is 21.8. The summed E-state index contributed by atoms with van der Waals surface area (Å²) in [5.41, 5.74) is 9.16. The van der Waals surface area contributed by atoms with E-state index in [4.69, 9.17) is 5.73 Å². The van der Waals surface area contributed by atoms with E-state index >= 15 is 0 Å². The van der Waals surface area contributed by atoms with Gasteiger partial charge in [-0.25, -0.2) is 4.99 Å². The van der Waals surface area contributed by atoms with E-state index in [-0.39, 0.29) is 17.6 Å². The minimum absolute atomic E-state index is 0.167. The third-order valence-electron chi connectivity index (χ3n) is 6.33. The summed E-state index contributed by atoms with van der Waals surface area (Å²) in [4.78, 5) is 33.6. The summed E-state index contributed by atoms with van der Waals surface area (Å²) in [5.74, 6) is 0.764. The molecule has 1 aliphatic heterocycles. The lowest BCUT2D eigenvalue weighted by Crippen LogP contribution is -2.37. The Morgan fingerprint density at radius 2 is 1.97 bits per heavy atom. The number of rotatable bonds is 11. The number of primary amides is 1. The van der Waals surface area contributed by atoms with Gasteiger partial charge in [0.2, 0.25) is 5.96 Å². The number of nitrogens with two attached hydrogens (primary N) is 1. The van der Waals surface area contributed by atoms with E-state index in [9.17, 15) is 9.59 Å².